The lowest BCUT2D eigenvalue weighted by Crippen LogP contribution is -2.25. The lowest BCUT2D eigenvalue weighted by molar-refractivity contribution is -0.136. The summed E-state index contributed by atoms with van der Waals surface area (Å²) in [5.74, 6) is -1.21. The molecule has 18 heavy (non-hydrogen) atoms. The topological polar surface area (TPSA) is 79.3 Å². The summed E-state index contributed by atoms with van der Waals surface area (Å²) in [7, 11) is 0. The molecular weight excluding hydrogens is 232 g/mol. The van der Waals surface area contributed by atoms with E-state index in [9.17, 15) is 9.59 Å². The zero-order chi connectivity index (χ0) is 13.0. The second-order valence-electron chi connectivity index (χ2n) is 3.81. The van der Waals surface area contributed by atoms with E-state index in [0.29, 0.717) is 5.56 Å². The Morgan fingerprint density at radius 1 is 1.28 bits per heavy atom. The highest BCUT2D eigenvalue weighted by atomic mass is 16.4. The number of amides is 1. The number of nitrogens with one attached hydrogen (secondary N) is 1. The van der Waals surface area contributed by atoms with Crippen LogP contribution in [0.1, 0.15) is 16.8 Å². The summed E-state index contributed by atoms with van der Waals surface area (Å²) < 4.78 is 0. The molecule has 0 unspecified atom stereocenters. The van der Waals surface area contributed by atoms with E-state index in [1.807, 2.05) is 6.07 Å². The number of fused-ring (bicyclic) bond motifs is 1. The largest absolute Gasteiger partial charge is 0.481 e. The second kappa shape index (κ2) is 5.27. The van der Waals surface area contributed by atoms with Gasteiger partial charge in [-0.25, -0.2) is 0 Å². The van der Waals surface area contributed by atoms with Gasteiger partial charge in [-0.3, -0.25) is 14.6 Å². The van der Waals surface area contributed by atoms with Crippen molar-refractivity contribution in [3.05, 3.63) is 42.1 Å². The van der Waals surface area contributed by atoms with Crippen LogP contribution in [0.5, 0.6) is 0 Å². The van der Waals surface area contributed by atoms with Gasteiger partial charge in [0, 0.05) is 23.7 Å². The molecule has 0 aliphatic carbocycles. The summed E-state index contributed by atoms with van der Waals surface area (Å²) in [6.07, 6.45) is 1.61. The number of benzene rings is 1. The third-order valence-corrected chi connectivity index (χ3v) is 2.49. The monoisotopic (exact) mass is 244 g/mol. The molecule has 1 aromatic carbocycles. The molecule has 5 nitrogen and oxygen atoms in total. The van der Waals surface area contributed by atoms with Gasteiger partial charge in [-0.05, 0) is 24.3 Å². The fourth-order valence-corrected chi connectivity index (χ4v) is 1.60. The number of rotatable bonds is 4. The van der Waals surface area contributed by atoms with Crippen molar-refractivity contribution in [2.45, 2.75) is 6.42 Å². The molecule has 1 amide bonds. The van der Waals surface area contributed by atoms with Crippen LogP contribution in [0.25, 0.3) is 10.9 Å². The Balaban J connectivity index is 2.10. The van der Waals surface area contributed by atoms with Crippen molar-refractivity contribution < 1.29 is 14.7 Å². The molecule has 0 saturated heterocycles. The lowest BCUT2D eigenvalue weighted by atomic mass is 10.1. The number of pyridine rings is 1. The Bertz CT molecular complexity index is 596. The van der Waals surface area contributed by atoms with Crippen LogP contribution in [-0.4, -0.2) is 28.5 Å². The van der Waals surface area contributed by atoms with Gasteiger partial charge in [0.2, 0.25) is 0 Å². The van der Waals surface area contributed by atoms with Crippen LogP contribution in [0.15, 0.2) is 36.5 Å². The van der Waals surface area contributed by atoms with E-state index in [1.54, 1.807) is 30.5 Å². The van der Waals surface area contributed by atoms with Gasteiger partial charge in [0.15, 0.2) is 0 Å². The van der Waals surface area contributed by atoms with Crippen LogP contribution in [0.3, 0.4) is 0 Å². The van der Waals surface area contributed by atoms with Crippen LogP contribution < -0.4 is 5.32 Å². The Hall–Kier alpha value is -2.43. The van der Waals surface area contributed by atoms with E-state index in [2.05, 4.69) is 10.3 Å². The van der Waals surface area contributed by atoms with Crippen LogP contribution in [0.4, 0.5) is 0 Å². The van der Waals surface area contributed by atoms with E-state index in [1.165, 1.54) is 0 Å². The average Bonchev–Trinajstić information content (AvgIpc) is 2.37. The standard InChI is InChI=1S/C13H12N2O3/c16-12(17)5-7-15-13(18)10-3-4-11-9(8-10)2-1-6-14-11/h1-4,6,8H,5,7H2,(H,15,18)(H,16,17). The zero-order valence-corrected chi connectivity index (χ0v) is 9.59. The minimum absolute atomic E-state index is 0.0825. The molecule has 0 bridgehead atoms. The summed E-state index contributed by atoms with van der Waals surface area (Å²) in [4.78, 5) is 26.2. The molecule has 0 radical (unpaired) electrons. The van der Waals surface area contributed by atoms with Crippen LogP contribution in [0, 0.1) is 0 Å². The first-order chi connectivity index (χ1) is 8.66. The molecule has 0 saturated carbocycles. The number of nitrogens with zero attached hydrogens (tertiary/aromatic N) is 1. The van der Waals surface area contributed by atoms with Crippen molar-refractivity contribution in [3.63, 3.8) is 0 Å². The first-order valence-corrected chi connectivity index (χ1v) is 5.51. The molecule has 0 fully saturated rings. The normalized spacial score (nSPS) is 10.2. The molecule has 1 heterocycles. The van der Waals surface area contributed by atoms with Gasteiger partial charge in [0.25, 0.3) is 5.91 Å². The molecule has 2 N–H and O–H groups in total. The van der Waals surface area contributed by atoms with Gasteiger partial charge in [-0.15, -0.1) is 0 Å². The smallest absolute Gasteiger partial charge is 0.305 e. The van der Waals surface area contributed by atoms with Gasteiger partial charge < -0.3 is 10.4 Å². The van der Waals surface area contributed by atoms with Crippen LogP contribution in [0.2, 0.25) is 0 Å². The number of carboxylic acid groups (broad SMARTS) is 1. The van der Waals surface area contributed by atoms with Crippen LogP contribution in [-0.2, 0) is 4.79 Å². The second-order valence-corrected chi connectivity index (χ2v) is 3.81. The van der Waals surface area contributed by atoms with E-state index in [4.69, 9.17) is 5.11 Å². The first-order valence-electron chi connectivity index (χ1n) is 5.51. The number of hydrogen-bond acceptors (Lipinski definition) is 3. The predicted molar refractivity (Wildman–Crippen MR) is 66.3 cm³/mol. The van der Waals surface area contributed by atoms with Gasteiger partial charge >= 0.3 is 5.97 Å². The number of carbonyl (C=O) groups is 2. The average molecular weight is 244 g/mol. The minimum atomic E-state index is -0.932. The quantitative estimate of drug-likeness (QED) is 0.852. The number of hydrogen-bond donors (Lipinski definition) is 2. The fraction of sp³-hybridized carbons (Fsp3) is 0.154. The van der Waals surface area contributed by atoms with E-state index in [-0.39, 0.29) is 18.9 Å². The summed E-state index contributed by atoms with van der Waals surface area (Å²) in [6, 6.07) is 8.84. The third kappa shape index (κ3) is 2.82. The van der Waals surface area contributed by atoms with Gasteiger partial charge in [-0.2, -0.15) is 0 Å². The lowest BCUT2D eigenvalue weighted by Gasteiger charge is -2.04. The van der Waals surface area contributed by atoms with Gasteiger partial charge in [0.1, 0.15) is 0 Å². The summed E-state index contributed by atoms with van der Waals surface area (Å²) in [5, 5.41) is 11.9. The number of aliphatic carboxylic acids is 1. The molecule has 2 rings (SSSR count). The van der Waals surface area contributed by atoms with Crippen molar-refractivity contribution >= 4 is 22.8 Å². The Morgan fingerprint density at radius 3 is 2.89 bits per heavy atom. The number of aromatic nitrogens is 1. The Kier molecular flexibility index (Phi) is 3.52. The highest BCUT2D eigenvalue weighted by Gasteiger charge is 2.06. The van der Waals surface area contributed by atoms with Gasteiger partial charge in [0.05, 0.1) is 11.9 Å². The number of carboxylic acids is 1. The predicted octanol–water partition coefficient (Wildman–Crippen LogP) is 1.44. The highest BCUT2D eigenvalue weighted by molar-refractivity contribution is 5.97. The zero-order valence-electron chi connectivity index (χ0n) is 9.59. The summed E-state index contributed by atoms with van der Waals surface area (Å²) >= 11 is 0. The third-order valence-electron chi connectivity index (χ3n) is 2.49. The van der Waals surface area contributed by atoms with Crippen molar-refractivity contribution in [2.75, 3.05) is 6.54 Å². The van der Waals surface area contributed by atoms with Crippen molar-refractivity contribution in [2.24, 2.45) is 0 Å². The molecule has 92 valence electrons. The SMILES string of the molecule is O=C(O)CCNC(=O)c1ccc2ncccc2c1. The van der Waals surface area contributed by atoms with Crippen LogP contribution >= 0.6 is 0 Å². The molecule has 2 aromatic rings. The molecular formula is C13H12N2O3. The Labute approximate surface area is 103 Å². The maximum absolute atomic E-state index is 11.7. The van der Waals surface area contributed by atoms with E-state index in [0.717, 1.165) is 10.9 Å². The molecule has 1 aromatic heterocycles. The maximum atomic E-state index is 11.7. The van der Waals surface area contributed by atoms with E-state index >= 15 is 0 Å². The Morgan fingerprint density at radius 2 is 2.11 bits per heavy atom. The molecule has 0 atom stereocenters. The minimum Gasteiger partial charge on any atom is -0.481 e. The summed E-state index contributed by atoms with van der Waals surface area (Å²) in [5.41, 5.74) is 1.32. The molecule has 0 spiro atoms. The number of carbonyl (C=O) groups excluding carboxylic acids is 1. The molecule has 0 aliphatic heterocycles. The summed E-state index contributed by atoms with van der Waals surface area (Å²) in [6.45, 7) is 0.124. The van der Waals surface area contributed by atoms with E-state index < -0.39 is 5.97 Å². The van der Waals surface area contributed by atoms with Crippen molar-refractivity contribution in [1.29, 1.82) is 0 Å². The van der Waals surface area contributed by atoms with Crippen molar-refractivity contribution in [3.8, 4) is 0 Å². The highest BCUT2D eigenvalue weighted by Crippen LogP contribution is 2.13. The fourth-order valence-electron chi connectivity index (χ4n) is 1.60. The molecule has 0 aliphatic rings. The van der Waals surface area contributed by atoms with Crippen molar-refractivity contribution in [1.82, 2.24) is 10.3 Å². The maximum Gasteiger partial charge on any atom is 0.305 e. The first kappa shape index (κ1) is 12.0. The van der Waals surface area contributed by atoms with Gasteiger partial charge in [-0.1, -0.05) is 6.07 Å². The molecule has 5 heteroatoms.